The number of carbonyl (C=O) groups excluding carboxylic acids is 1. The zero-order chi connectivity index (χ0) is 16.9. The maximum atomic E-state index is 12.7. The number of aldehydes is 1. The van der Waals surface area contributed by atoms with Crippen LogP contribution in [0.15, 0.2) is 76.4 Å². The number of nitrogens with zero attached hydrogens (tertiary/aromatic N) is 2. The molecule has 0 saturated carbocycles. The Bertz CT molecular complexity index is 957. The molecule has 0 radical (unpaired) electrons. The van der Waals surface area contributed by atoms with Crippen LogP contribution in [0.5, 0.6) is 0 Å². The minimum Gasteiger partial charge on any atom is -0.298 e. The molecule has 0 atom stereocenters. The predicted molar refractivity (Wildman–Crippen MR) is 91.4 cm³/mol. The van der Waals surface area contributed by atoms with Gasteiger partial charge in [-0.2, -0.15) is 0 Å². The van der Waals surface area contributed by atoms with Crippen LogP contribution in [-0.4, -0.2) is 15.4 Å². The lowest BCUT2D eigenvalue weighted by atomic mass is 10.2. The molecule has 0 spiro atoms. The van der Waals surface area contributed by atoms with Crippen molar-refractivity contribution in [3.05, 3.63) is 104 Å². The molecule has 3 rings (SSSR count). The number of hydrogen-bond acceptors (Lipinski definition) is 3. The molecule has 1 aromatic heterocycles. The maximum absolute atomic E-state index is 12.7. The van der Waals surface area contributed by atoms with Crippen molar-refractivity contribution in [3.8, 4) is 0 Å². The molecule has 0 fully saturated rings. The third-order valence-electron chi connectivity index (χ3n) is 3.77. The Morgan fingerprint density at radius 1 is 0.792 bits per heavy atom. The summed E-state index contributed by atoms with van der Waals surface area (Å²) < 4.78 is 2.49. The van der Waals surface area contributed by atoms with Gasteiger partial charge in [-0.3, -0.25) is 18.7 Å². The molecule has 0 aliphatic heterocycles. The molecule has 5 heteroatoms. The van der Waals surface area contributed by atoms with E-state index in [9.17, 15) is 14.4 Å². The number of benzene rings is 2. The number of carbonyl (C=O) groups is 1. The lowest BCUT2D eigenvalue weighted by Gasteiger charge is -2.11. The number of hydrogen-bond donors (Lipinski definition) is 0. The molecule has 3 aromatic rings. The first-order valence-corrected chi connectivity index (χ1v) is 7.56. The highest BCUT2D eigenvalue weighted by atomic mass is 16.2. The Morgan fingerprint density at radius 3 is 1.88 bits per heavy atom. The minimum absolute atomic E-state index is 0.0264. The highest BCUT2D eigenvalue weighted by Crippen LogP contribution is 2.02. The van der Waals surface area contributed by atoms with Crippen LogP contribution < -0.4 is 11.2 Å². The summed E-state index contributed by atoms with van der Waals surface area (Å²) in [6.07, 6.45) is 1.82. The van der Waals surface area contributed by atoms with Gasteiger partial charge in [-0.15, -0.1) is 0 Å². The zero-order valence-electron chi connectivity index (χ0n) is 13.0. The third-order valence-corrected chi connectivity index (χ3v) is 3.77. The quantitative estimate of drug-likeness (QED) is 0.675. The summed E-state index contributed by atoms with van der Waals surface area (Å²) in [6, 6.07) is 18.6. The van der Waals surface area contributed by atoms with Gasteiger partial charge in [-0.1, -0.05) is 60.7 Å². The van der Waals surface area contributed by atoms with Gasteiger partial charge in [0, 0.05) is 6.20 Å². The van der Waals surface area contributed by atoms with Crippen LogP contribution in [-0.2, 0) is 13.1 Å². The summed E-state index contributed by atoms with van der Waals surface area (Å²) in [5.41, 5.74) is 0.718. The van der Waals surface area contributed by atoms with E-state index >= 15 is 0 Å². The highest BCUT2D eigenvalue weighted by Gasteiger charge is 2.11. The molecule has 0 amide bonds. The monoisotopic (exact) mass is 320 g/mol. The molecule has 0 aliphatic rings. The van der Waals surface area contributed by atoms with E-state index in [2.05, 4.69) is 0 Å². The van der Waals surface area contributed by atoms with E-state index in [1.807, 2.05) is 60.7 Å². The van der Waals surface area contributed by atoms with E-state index in [-0.39, 0.29) is 12.1 Å². The zero-order valence-corrected chi connectivity index (χ0v) is 13.0. The van der Waals surface area contributed by atoms with Crippen molar-refractivity contribution in [2.75, 3.05) is 0 Å². The Hall–Kier alpha value is -3.21. The van der Waals surface area contributed by atoms with Gasteiger partial charge in [0.1, 0.15) is 0 Å². The van der Waals surface area contributed by atoms with Crippen molar-refractivity contribution >= 4 is 6.29 Å². The topological polar surface area (TPSA) is 61.1 Å². The summed E-state index contributed by atoms with van der Waals surface area (Å²) in [4.78, 5) is 36.2. The SMILES string of the molecule is O=Cc1cn(Cc2ccccc2)c(=O)n(Cc2ccccc2)c1=O. The van der Waals surface area contributed by atoms with Gasteiger partial charge in [0.05, 0.1) is 18.7 Å². The van der Waals surface area contributed by atoms with Crippen LogP contribution in [0.25, 0.3) is 0 Å². The van der Waals surface area contributed by atoms with Crippen molar-refractivity contribution in [3.63, 3.8) is 0 Å². The van der Waals surface area contributed by atoms with Crippen LogP contribution in [0.3, 0.4) is 0 Å². The molecular formula is C19H16N2O3. The van der Waals surface area contributed by atoms with E-state index in [1.165, 1.54) is 10.8 Å². The lowest BCUT2D eigenvalue weighted by molar-refractivity contribution is 0.112. The molecule has 120 valence electrons. The average Bonchev–Trinajstić information content (AvgIpc) is 2.63. The first-order valence-electron chi connectivity index (χ1n) is 7.56. The average molecular weight is 320 g/mol. The molecular weight excluding hydrogens is 304 g/mol. The van der Waals surface area contributed by atoms with Gasteiger partial charge < -0.3 is 0 Å². The van der Waals surface area contributed by atoms with E-state index in [0.717, 1.165) is 15.7 Å². The van der Waals surface area contributed by atoms with E-state index in [0.29, 0.717) is 12.8 Å². The lowest BCUT2D eigenvalue weighted by Crippen LogP contribution is -2.41. The summed E-state index contributed by atoms with van der Waals surface area (Å²) in [5.74, 6) is 0. The summed E-state index contributed by atoms with van der Waals surface area (Å²) >= 11 is 0. The van der Waals surface area contributed by atoms with Gasteiger partial charge in [0.15, 0.2) is 6.29 Å². The number of aromatic nitrogens is 2. The molecule has 0 bridgehead atoms. The Labute approximate surface area is 138 Å². The van der Waals surface area contributed by atoms with Crippen LogP contribution >= 0.6 is 0 Å². The van der Waals surface area contributed by atoms with Crippen molar-refractivity contribution < 1.29 is 4.79 Å². The Balaban J connectivity index is 2.07. The van der Waals surface area contributed by atoms with Gasteiger partial charge in [0.2, 0.25) is 0 Å². The molecule has 24 heavy (non-hydrogen) atoms. The van der Waals surface area contributed by atoms with Crippen LogP contribution in [0.1, 0.15) is 21.5 Å². The smallest absolute Gasteiger partial charge is 0.298 e. The van der Waals surface area contributed by atoms with Gasteiger partial charge in [-0.25, -0.2) is 4.79 Å². The van der Waals surface area contributed by atoms with Crippen LogP contribution in [0, 0.1) is 0 Å². The summed E-state index contributed by atoms with van der Waals surface area (Å²) in [6.45, 7) is 0.435. The molecule has 2 aromatic carbocycles. The predicted octanol–water partition coefficient (Wildman–Crippen LogP) is 1.92. The molecule has 0 saturated heterocycles. The van der Waals surface area contributed by atoms with Crippen molar-refractivity contribution in [2.24, 2.45) is 0 Å². The fourth-order valence-corrected chi connectivity index (χ4v) is 2.56. The largest absolute Gasteiger partial charge is 0.331 e. The molecule has 0 aliphatic carbocycles. The maximum Gasteiger partial charge on any atom is 0.331 e. The summed E-state index contributed by atoms with van der Waals surface area (Å²) in [7, 11) is 0. The first-order chi connectivity index (χ1) is 11.7. The summed E-state index contributed by atoms with van der Waals surface area (Å²) in [5, 5.41) is 0. The second-order valence-corrected chi connectivity index (χ2v) is 5.48. The molecule has 1 heterocycles. The fraction of sp³-hybridized carbons (Fsp3) is 0.105. The third kappa shape index (κ3) is 3.25. The first kappa shape index (κ1) is 15.7. The van der Waals surface area contributed by atoms with Crippen LogP contribution in [0.2, 0.25) is 0 Å². The van der Waals surface area contributed by atoms with E-state index in [4.69, 9.17) is 0 Å². The highest BCUT2D eigenvalue weighted by molar-refractivity contribution is 5.73. The second kappa shape index (κ2) is 6.91. The Morgan fingerprint density at radius 2 is 1.33 bits per heavy atom. The van der Waals surface area contributed by atoms with Crippen molar-refractivity contribution in [1.29, 1.82) is 0 Å². The van der Waals surface area contributed by atoms with E-state index < -0.39 is 11.2 Å². The van der Waals surface area contributed by atoms with Gasteiger partial charge in [-0.05, 0) is 11.1 Å². The molecule has 0 unspecified atom stereocenters. The molecule has 0 N–H and O–H groups in total. The normalized spacial score (nSPS) is 10.5. The molecule has 5 nitrogen and oxygen atoms in total. The van der Waals surface area contributed by atoms with Crippen LogP contribution in [0.4, 0.5) is 0 Å². The van der Waals surface area contributed by atoms with Gasteiger partial charge >= 0.3 is 5.69 Å². The van der Waals surface area contributed by atoms with Crippen molar-refractivity contribution in [1.82, 2.24) is 9.13 Å². The fourth-order valence-electron chi connectivity index (χ4n) is 2.56. The van der Waals surface area contributed by atoms with Crippen molar-refractivity contribution in [2.45, 2.75) is 13.1 Å². The standard InChI is InChI=1S/C19H16N2O3/c22-14-17-13-20(11-15-7-3-1-4-8-15)19(24)21(18(17)23)12-16-9-5-2-6-10-16/h1-10,13-14H,11-12H2. The Kier molecular flexibility index (Phi) is 4.52. The van der Waals surface area contributed by atoms with Gasteiger partial charge in [0.25, 0.3) is 5.56 Å². The number of rotatable bonds is 5. The van der Waals surface area contributed by atoms with E-state index in [1.54, 1.807) is 0 Å². The second-order valence-electron chi connectivity index (χ2n) is 5.48. The minimum atomic E-state index is -0.567.